The maximum absolute atomic E-state index is 6.34. The lowest BCUT2D eigenvalue weighted by Crippen LogP contribution is -2.01. The summed E-state index contributed by atoms with van der Waals surface area (Å²) in [6, 6.07) is 68.5. The number of fused-ring (bicyclic) bond motifs is 9. The van der Waals surface area contributed by atoms with Gasteiger partial charge in [-0.1, -0.05) is 133 Å². The van der Waals surface area contributed by atoms with Crippen LogP contribution in [0.2, 0.25) is 0 Å². The van der Waals surface area contributed by atoms with Crippen molar-refractivity contribution in [2.75, 3.05) is 0 Å². The van der Waals surface area contributed by atoms with Crippen molar-refractivity contribution in [3.8, 4) is 45.3 Å². The fourth-order valence-electron chi connectivity index (χ4n) is 8.84. The second-order valence-electron chi connectivity index (χ2n) is 14.6. The Bertz CT molecular complexity index is 3300. The van der Waals surface area contributed by atoms with E-state index in [1.54, 1.807) is 0 Å². The molecule has 5 heteroatoms. The zero-order chi connectivity index (χ0) is 37.5. The molecule has 57 heavy (non-hydrogen) atoms. The fraction of sp³-hybridized carbons (Fsp3) is 0. The normalized spacial score (nSPS) is 11.9. The van der Waals surface area contributed by atoms with Gasteiger partial charge in [0.2, 0.25) is 0 Å². The third-order valence-electron chi connectivity index (χ3n) is 11.3. The van der Waals surface area contributed by atoms with Crippen LogP contribution >= 0.6 is 0 Å². The molecule has 0 spiro atoms. The number of para-hydroxylation sites is 5. The highest BCUT2D eigenvalue weighted by Crippen LogP contribution is 2.40. The van der Waals surface area contributed by atoms with Crippen molar-refractivity contribution in [2.24, 2.45) is 0 Å². The lowest BCUT2D eigenvalue weighted by molar-refractivity contribution is 0.669. The number of benzene rings is 8. The minimum atomic E-state index is 0.643. The molecular weight excluding hydrogens is 697 g/mol. The number of aromatic nitrogens is 4. The first kappa shape index (κ1) is 31.6. The molecule has 4 aromatic heterocycles. The Hall–Kier alpha value is -7.76. The molecule has 12 rings (SSSR count). The number of furan rings is 1. The zero-order valence-electron chi connectivity index (χ0n) is 30.7. The van der Waals surface area contributed by atoms with Gasteiger partial charge in [0.05, 0.1) is 33.5 Å². The van der Waals surface area contributed by atoms with Crippen LogP contribution in [0.3, 0.4) is 0 Å². The van der Waals surface area contributed by atoms with E-state index in [1.165, 1.54) is 21.5 Å². The Morgan fingerprint density at radius 2 is 0.807 bits per heavy atom. The van der Waals surface area contributed by atoms with Crippen molar-refractivity contribution < 1.29 is 4.42 Å². The highest BCUT2D eigenvalue weighted by Gasteiger charge is 2.20. The standard InChI is InChI=1S/C52H32N4O/c1-2-15-33(16-3-1)43-32-44(54-52(53-43)42-22-14-28-50-51(42)41-21-8-13-27-49(41)57-50)34-29-35(55-45-23-9-4-17-37(45)38-18-5-10-24-46(38)55)31-36(30-34)56-47-25-11-6-19-39(47)40-20-7-12-26-48(40)56/h1-32H. The Kier molecular flexibility index (Phi) is 6.86. The van der Waals surface area contributed by atoms with E-state index in [9.17, 15) is 0 Å². The van der Waals surface area contributed by atoms with Crippen molar-refractivity contribution in [2.45, 2.75) is 0 Å². The van der Waals surface area contributed by atoms with Gasteiger partial charge in [-0.25, -0.2) is 9.97 Å². The van der Waals surface area contributed by atoms with Gasteiger partial charge >= 0.3 is 0 Å². The Labute approximate surface area is 327 Å². The molecule has 0 saturated heterocycles. The van der Waals surface area contributed by atoms with E-state index in [0.29, 0.717) is 5.82 Å². The summed E-state index contributed by atoms with van der Waals surface area (Å²) >= 11 is 0. The Morgan fingerprint density at radius 1 is 0.351 bits per heavy atom. The maximum Gasteiger partial charge on any atom is 0.161 e. The summed E-state index contributed by atoms with van der Waals surface area (Å²) < 4.78 is 11.1. The number of rotatable bonds is 5. The van der Waals surface area contributed by atoms with Crippen LogP contribution in [0.25, 0.3) is 111 Å². The van der Waals surface area contributed by atoms with Gasteiger partial charge in [0.25, 0.3) is 0 Å². The molecule has 0 saturated carbocycles. The van der Waals surface area contributed by atoms with Gasteiger partial charge in [0.1, 0.15) is 11.2 Å². The highest BCUT2D eigenvalue weighted by atomic mass is 16.3. The Morgan fingerprint density at radius 3 is 1.37 bits per heavy atom. The smallest absolute Gasteiger partial charge is 0.161 e. The van der Waals surface area contributed by atoms with E-state index in [0.717, 1.165) is 83.5 Å². The molecule has 266 valence electrons. The van der Waals surface area contributed by atoms with Crippen molar-refractivity contribution in [3.63, 3.8) is 0 Å². The molecule has 0 unspecified atom stereocenters. The van der Waals surface area contributed by atoms with Crippen molar-refractivity contribution >= 4 is 65.6 Å². The van der Waals surface area contributed by atoms with Crippen LogP contribution in [0, 0.1) is 0 Å². The van der Waals surface area contributed by atoms with Gasteiger partial charge in [-0.15, -0.1) is 0 Å². The van der Waals surface area contributed by atoms with Crippen LogP contribution in [0.1, 0.15) is 0 Å². The molecule has 0 amide bonds. The molecule has 0 atom stereocenters. The summed E-state index contributed by atoms with van der Waals surface area (Å²) in [5.41, 5.74) is 13.0. The number of nitrogens with zero attached hydrogens (tertiary/aromatic N) is 4. The average Bonchev–Trinajstić information content (AvgIpc) is 3.94. The van der Waals surface area contributed by atoms with Crippen LogP contribution in [0.4, 0.5) is 0 Å². The molecule has 0 radical (unpaired) electrons. The quantitative estimate of drug-likeness (QED) is 0.177. The van der Waals surface area contributed by atoms with Crippen LogP contribution < -0.4 is 0 Å². The van der Waals surface area contributed by atoms with E-state index in [2.05, 4.69) is 173 Å². The minimum absolute atomic E-state index is 0.643. The van der Waals surface area contributed by atoms with Crippen molar-refractivity contribution in [3.05, 3.63) is 194 Å². The largest absolute Gasteiger partial charge is 0.456 e. The SMILES string of the molecule is c1ccc(-c2cc(-c3cc(-n4c5ccccc5c5ccccc54)cc(-n4c5ccccc5c5ccccc54)c3)nc(-c3cccc4oc5ccccc5c34)n2)cc1. The van der Waals surface area contributed by atoms with Crippen LogP contribution in [0.5, 0.6) is 0 Å². The van der Waals surface area contributed by atoms with E-state index < -0.39 is 0 Å². The highest BCUT2D eigenvalue weighted by molar-refractivity contribution is 6.13. The van der Waals surface area contributed by atoms with Gasteiger partial charge in [-0.2, -0.15) is 0 Å². The average molecular weight is 729 g/mol. The minimum Gasteiger partial charge on any atom is -0.456 e. The third kappa shape index (κ3) is 4.89. The molecule has 12 aromatic rings. The molecule has 4 heterocycles. The molecule has 5 nitrogen and oxygen atoms in total. The summed E-state index contributed by atoms with van der Waals surface area (Å²) in [6.07, 6.45) is 0. The first-order valence-corrected chi connectivity index (χ1v) is 19.2. The van der Waals surface area contributed by atoms with Crippen molar-refractivity contribution in [1.29, 1.82) is 0 Å². The van der Waals surface area contributed by atoms with Gasteiger partial charge in [-0.3, -0.25) is 0 Å². The van der Waals surface area contributed by atoms with E-state index in [-0.39, 0.29) is 0 Å². The first-order valence-electron chi connectivity index (χ1n) is 19.2. The van der Waals surface area contributed by atoms with Gasteiger partial charge in [-0.05, 0) is 60.7 Å². The monoisotopic (exact) mass is 728 g/mol. The Balaban J connectivity index is 1.19. The molecule has 0 aliphatic carbocycles. The zero-order valence-corrected chi connectivity index (χ0v) is 30.7. The molecular formula is C52H32N4O. The summed E-state index contributed by atoms with van der Waals surface area (Å²) in [5, 5.41) is 6.91. The predicted octanol–water partition coefficient (Wildman–Crippen LogP) is 13.6. The maximum atomic E-state index is 6.34. The summed E-state index contributed by atoms with van der Waals surface area (Å²) in [6.45, 7) is 0. The van der Waals surface area contributed by atoms with E-state index in [1.807, 2.05) is 30.3 Å². The summed E-state index contributed by atoms with van der Waals surface area (Å²) in [4.78, 5) is 10.7. The lowest BCUT2D eigenvalue weighted by atomic mass is 10.0. The van der Waals surface area contributed by atoms with E-state index in [4.69, 9.17) is 14.4 Å². The fourth-order valence-corrected chi connectivity index (χ4v) is 8.84. The molecule has 0 aliphatic rings. The van der Waals surface area contributed by atoms with Crippen LogP contribution in [-0.2, 0) is 0 Å². The molecule has 0 fully saturated rings. The summed E-state index contributed by atoms with van der Waals surface area (Å²) in [5.74, 6) is 0.643. The van der Waals surface area contributed by atoms with E-state index >= 15 is 0 Å². The predicted molar refractivity (Wildman–Crippen MR) is 234 cm³/mol. The van der Waals surface area contributed by atoms with Gasteiger partial charge in [0, 0.05) is 60.4 Å². The van der Waals surface area contributed by atoms with Crippen molar-refractivity contribution in [1.82, 2.24) is 19.1 Å². The van der Waals surface area contributed by atoms with Crippen LogP contribution in [-0.4, -0.2) is 19.1 Å². The second kappa shape index (κ2) is 12.4. The van der Waals surface area contributed by atoms with Gasteiger partial charge < -0.3 is 13.6 Å². The lowest BCUT2D eigenvalue weighted by Gasteiger charge is -2.16. The summed E-state index contributed by atoms with van der Waals surface area (Å²) in [7, 11) is 0. The molecule has 0 N–H and O–H groups in total. The molecule has 8 aromatic carbocycles. The molecule has 0 aliphatic heterocycles. The number of hydrogen-bond acceptors (Lipinski definition) is 3. The third-order valence-corrected chi connectivity index (χ3v) is 11.3. The molecule has 0 bridgehead atoms. The topological polar surface area (TPSA) is 48.8 Å². The van der Waals surface area contributed by atoms with Crippen LogP contribution in [0.15, 0.2) is 199 Å². The first-order chi connectivity index (χ1) is 28.3. The van der Waals surface area contributed by atoms with Gasteiger partial charge in [0.15, 0.2) is 5.82 Å². The number of hydrogen-bond donors (Lipinski definition) is 0. The second-order valence-corrected chi connectivity index (χ2v) is 14.6.